The number of ether oxygens (including phenoxy) is 1. The van der Waals surface area contributed by atoms with Gasteiger partial charge in [0.15, 0.2) is 5.65 Å². The Morgan fingerprint density at radius 1 is 1.31 bits per heavy atom. The fraction of sp³-hybridized carbons (Fsp3) is 0.412. The van der Waals surface area contributed by atoms with E-state index in [-0.39, 0.29) is 17.3 Å². The molecule has 1 aliphatic rings. The summed E-state index contributed by atoms with van der Waals surface area (Å²) in [5, 5.41) is 0. The van der Waals surface area contributed by atoms with Crippen LogP contribution in [0, 0.1) is 0 Å². The quantitative estimate of drug-likeness (QED) is 0.750. The maximum Gasteiger partial charge on any atom is 0.330 e. The number of aromatic amines is 1. The average Bonchev–Trinajstić information content (AvgIpc) is 2.92. The number of nitrogens with zero attached hydrogens (tertiary/aromatic N) is 5. The third kappa shape index (κ3) is 2.60. The number of hydrogen-bond donors (Lipinski definition) is 1. The molecule has 1 aliphatic heterocycles. The van der Waals surface area contributed by atoms with E-state index in [0.717, 1.165) is 12.8 Å². The summed E-state index contributed by atoms with van der Waals surface area (Å²) in [6.45, 7) is 1.26. The number of H-pyrrole nitrogens is 1. The average molecular weight is 356 g/mol. The van der Waals surface area contributed by atoms with Gasteiger partial charge in [0.05, 0.1) is 6.20 Å². The van der Waals surface area contributed by atoms with Crippen molar-refractivity contribution in [1.82, 2.24) is 24.1 Å². The van der Waals surface area contributed by atoms with Crippen LogP contribution < -0.4 is 16.1 Å². The zero-order valence-corrected chi connectivity index (χ0v) is 14.7. The number of rotatable bonds is 3. The van der Waals surface area contributed by atoms with Crippen LogP contribution in [-0.4, -0.2) is 44.3 Å². The van der Waals surface area contributed by atoms with Gasteiger partial charge in [0.1, 0.15) is 11.2 Å². The normalized spacial score (nSPS) is 15.5. The molecule has 0 amide bonds. The van der Waals surface area contributed by atoms with Crippen molar-refractivity contribution >= 4 is 22.8 Å². The van der Waals surface area contributed by atoms with Gasteiger partial charge in [0.25, 0.3) is 5.56 Å². The largest absolute Gasteiger partial charge is 0.381 e. The maximum absolute atomic E-state index is 12.7. The molecule has 4 heterocycles. The molecule has 0 bridgehead atoms. The van der Waals surface area contributed by atoms with Gasteiger partial charge in [-0.1, -0.05) is 0 Å². The summed E-state index contributed by atoms with van der Waals surface area (Å²) in [6, 6.07) is 3.49. The van der Waals surface area contributed by atoms with Crippen molar-refractivity contribution in [2.75, 3.05) is 25.2 Å². The summed E-state index contributed by atoms with van der Waals surface area (Å²) >= 11 is 0. The van der Waals surface area contributed by atoms with E-state index >= 15 is 0 Å². The van der Waals surface area contributed by atoms with Gasteiger partial charge in [-0.2, -0.15) is 4.98 Å². The molecule has 1 fully saturated rings. The number of fused-ring (bicyclic) bond motifs is 1. The number of nitrogens with one attached hydrogen (secondary N) is 1. The topological polar surface area (TPSA) is 98.0 Å². The van der Waals surface area contributed by atoms with Crippen molar-refractivity contribution in [1.29, 1.82) is 0 Å². The van der Waals surface area contributed by atoms with Crippen LogP contribution in [0.5, 0.6) is 0 Å². The number of pyridine rings is 1. The van der Waals surface area contributed by atoms with Gasteiger partial charge in [0, 0.05) is 39.5 Å². The highest BCUT2D eigenvalue weighted by molar-refractivity contribution is 5.73. The van der Waals surface area contributed by atoms with Crippen LogP contribution in [0.1, 0.15) is 18.9 Å². The van der Waals surface area contributed by atoms with Crippen LogP contribution >= 0.6 is 0 Å². The summed E-state index contributed by atoms with van der Waals surface area (Å²) < 4.78 is 8.70. The Hall–Kier alpha value is -2.94. The van der Waals surface area contributed by atoms with Gasteiger partial charge in [-0.3, -0.25) is 13.9 Å². The van der Waals surface area contributed by atoms with Crippen molar-refractivity contribution < 1.29 is 4.74 Å². The Labute approximate surface area is 148 Å². The molecule has 3 aromatic heterocycles. The van der Waals surface area contributed by atoms with E-state index in [1.54, 1.807) is 52.7 Å². The number of hydrogen-bond acceptors (Lipinski definition) is 6. The van der Waals surface area contributed by atoms with E-state index in [4.69, 9.17) is 4.74 Å². The lowest BCUT2D eigenvalue weighted by atomic mass is 10.1. The second-order valence-corrected chi connectivity index (χ2v) is 6.38. The van der Waals surface area contributed by atoms with Crippen molar-refractivity contribution in [2.45, 2.75) is 18.9 Å². The van der Waals surface area contributed by atoms with Crippen LogP contribution in [0.4, 0.5) is 11.6 Å². The first kappa shape index (κ1) is 16.5. The minimum atomic E-state index is -0.228. The molecule has 4 rings (SSSR count). The Balaban J connectivity index is 1.85. The maximum atomic E-state index is 12.7. The molecule has 0 saturated carbocycles. The highest BCUT2D eigenvalue weighted by Crippen LogP contribution is 2.25. The lowest BCUT2D eigenvalue weighted by Crippen LogP contribution is -2.30. The van der Waals surface area contributed by atoms with Crippen molar-refractivity contribution in [3.05, 3.63) is 45.4 Å². The van der Waals surface area contributed by atoms with E-state index in [0.29, 0.717) is 36.0 Å². The van der Waals surface area contributed by atoms with Gasteiger partial charge in [0.2, 0.25) is 5.95 Å². The molecule has 0 aliphatic carbocycles. The summed E-state index contributed by atoms with van der Waals surface area (Å²) in [5.74, 6) is 0.362. The van der Waals surface area contributed by atoms with Crippen LogP contribution in [-0.2, 0) is 11.8 Å². The van der Waals surface area contributed by atoms with Crippen LogP contribution in [0.25, 0.3) is 11.2 Å². The lowest BCUT2D eigenvalue weighted by molar-refractivity contribution is 0.0695. The second kappa shape index (κ2) is 6.41. The molecule has 0 spiro atoms. The predicted octanol–water partition coefficient (Wildman–Crippen LogP) is 0.938. The van der Waals surface area contributed by atoms with Crippen LogP contribution in [0.15, 0.2) is 34.1 Å². The van der Waals surface area contributed by atoms with Crippen LogP contribution in [0.2, 0.25) is 0 Å². The smallest absolute Gasteiger partial charge is 0.330 e. The standard InChI is InChI=1S/C17H20N6O3/c1-21(12-4-3-7-18-15(12)24)16-19-10-13-14(20-16)23(17(25)22(13)2)11-5-8-26-9-6-11/h3-4,7,10-11H,5-6,8-9H2,1-2H3,(H,18,24). The molecule has 9 nitrogen and oxygen atoms in total. The fourth-order valence-electron chi connectivity index (χ4n) is 3.35. The summed E-state index contributed by atoms with van der Waals surface area (Å²) in [4.78, 5) is 38.0. The minimum Gasteiger partial charge on any atom is -0.381 e. The SMILES string of the molecule is CN(c1ncc2c(n1)n(C1CCOCC1)c(=O)n2C)c1ccc[nH]c1=O. The van der Waals surface area contributed by atoms with E-state index in [1.165, 1.54) is 0 Å². The van der Waals surface area contributed by atoms with Gasteiger partial charge in [-0.05, 0) is 25.0 Å². The Morgan fingerprint density at radius 3 is 2.81 bits per heavy atom. The van der Waals surface area contributed by atoms with Crippen LogP contribution in [0.3, 0.4) is 0 Å². The number of anilines is 2. The molecule has 26 heavy (non-hydrogen) atoms. The highest BCUT2D eigenvalue weighted by atomic mass is 16.5. The summed E-state index contributed by atoms with van der Waals surface area (Å²) in [7, 11) is 3.45. The first-order valence-corrected chi connectivity index (χ1v) is 8.51. The molecule has 0 radical (unpaired) electrons. The third-order valence-corrected chi connectivity index (χ3v) is 4.83. The van der Waals surface area contributed by atoms with E-state index < -0.39 is 0 Å². The predicted molar refractivity (Wildman–Crippen MR) is 97.0 cm³/mol. The molecule has 0 atom stereocenters. The molecular weight excluding hydrogens is 336 g/mol. The fourth-order valence-corrected chi connectivity index (χ4v) is 3.35. The van der Waals surface area contributed by atoms with Crippen molar-refractivity contribution in [2.24, 2.45) is 7.05 Å². The van der Waals surface area contributed by atoms with E-state index in [1.807, 2.05) is 0 Å². The molecule has 136 valence electrons. The number of aromatic nitrogens is 5. The van der Waals surface area contributed by atoms with Gasteiger partial charge < -0.3 is 14.6 Å². The molecule has 0 unspecified atom stereocenters. The first-order chi connectivity index (χ1) is 12.6. The van der Waals surface area contributed by atoms with Gasteiger partial charge in [-0.25, -0.2) is 9.78 Å². The highest BCUT2D eigenvalue weighted by Gasteiger charge is 2.24. The lowest BCUT2D eigenvalue weighted by Gasteiger charge is -2.23. The first-order valence-electron chi connectivity index (χ1n) is 8.51. The zero-order chi connectivity index (χ0) is 18.3. The molecular formula is C17H20N6O3. The van der Waals surface area contributed by atoms with E-state index in [2.05, 4.69) is 15.0 Å². The molecule has 1 N–H and O–H groups in total. The van der Waals surface area contributed by atoms with E-state index in [9.17, 15) is 9.59 Å². The Morgan fingerprint density at radius 2 is 2.08 bits per heavy atom. The summed E-state index contributed by atoms with van der Waals surface area (Å²) in [6.07, 6.45) is 4.74. The molecule has 0 aromatic carbocycles. The number of imidazole rings is 1. The molecule has 9 heteroatoms. The minimum absolute atomic E-state index is 0.0492. The summed E-state index contributed by atoms with van der Waals surface area (Å²) in [5.41, 5.74) is 1.34. The Bertz CT molecular complexity index is 1060. The molecule has 3 aromatic rings. The third-order valence-electron chi connectivity index (χ3n) is 4.83. The zero-order valence-electron chi connectivity index (χ0n) is 14.7. The monoisotopic (exact) mass is 356 g/mol. The Kier molecular flexibility index (Phi) is 4.08. The van der Waals surface area contributed by atoms with Gasteiger partial charge >= 0.3 is 5.69 Å². The second-order valence-electron chi connectivity index (χ2n) is 6.38. The molecule has 1 saturated heterocycles. The van der Waals surface area contributed by atoms with Crippen molar-refractivity contribution in [3.63, 3.8) is 0 Å². The van der Waals surface area contributed by atoms with Crippen molar-refractivity contribution in [3.8, 4) is 0 Å². The van der Waals surface area contributed by atoms with Gasteiger partial charge in [-0.15, -0.1) is 0 Å². The number of aryl methyl sites for hydroxylation is 1.